The molecule has 5 nitrogen and oxygen atoms in total. The maximum absolute atomic E-state index is 13.8. The van der Waals surface area contributed by atoms with Gasteiger partial charge in [0.2, 0.25) is 5.75 Å². The van der Waals surface area contributed by atoms with E-state index in [9.17, 15) is 4.79 Å². The van der Waals surface area contributed by atoms with Crippen molar-refractivity contribution in [3.05, 3.63) is 65.4 Å². The van der Waals surface area contributed by atoms with Crippen molar-refractivity contribution in [2.75, 3.05) is 21.3 Å². The van der Waals surface area contributed by atoms with Crippen LogP contribution in [0.15, 0.2) is 53.1 Å². The molecule has 0 aliphatic heterocycles. The summed E-state index contributed by atoms with van der Waals surface area (Å²) in [5, 5.41) is 0. The van der Waals surface area contributed by atoms with E-state index in [0.717, 1.165) is 29.7 Å². The number of carbonyl (C=O) groups is 1. The first-order valence-corrected chi connectivity index (χ1v) is 10.6. The first-order valence-electron chi connectivity index (χ1n) is 10.6. The van der Waals surface area contributed by atoms with Gasteiger partial charge < -0.3 is 18.6 Å². The number of benzene rings is 2. The average Bonchev–Trinajstić information content (AvgIpc) is 3.49. The zero-order valence-electron chi connectivity index (χ0n) is 18.4. The Bertz CT molecular complexity index is 1040. The molecule has 2 unspecified atom stereocenters. The molecule has 1 fully saturated rings. The summed E-state index contributed by atoms with van der Waals surface area (Å²) < 4.78 is 21.9. The number of methoxy groups -OCH3 is 3. The Hall–Kier alpha value is -3.21. The molecule has 1 aliphatic carbocycles. The lowest BCUT2D eigenvalue weighted by molar-refractivity contribution is 0.103. The van der Waals surface area contributed by atoms with Crippen molar-refractivity contribution in [1.29, 1.82) is 0 Å². The van der Waals surface area contributed by atoms with E-state index in [1.54, 1.807) is 39.7 Å². The van der Waals surface area contributed by atoms with Crippen LogP contribution in [0.2, 0.25) is 0 Å². The van der Waals surface area contributed by atoms with Crippen molar-refractivity contribution in [2.45, 2.75) is 32.1 Å². The summed E-state index contributed by atoms with van der Waals surface area (Å²) in [6, 6.07) is 13.3. The lowest BCUT2D eigenvalue weighted by Crippen LogP contribution is -2.09. The summed E-state index contributed by atoms with van der Waals surface area (Å²) in [5.41, 5.74) is 3.18. The van der Waals surface area contributed by atoms with Gasteiger partial charge in [0, 0.05) is 16.7 Å². The third-order valence-electron chi connectivity index (χ3n) is 6.17. The summed E-state index contributed by atoms with van der Waals surface area (Å²) in [4.78, 5) is 13.8. The van der Waals surface area contributed by atoms with Gasteiger partial charge in [-0.25, -0.2) is 0 Å². The Kier molecular flexibility index (Phi) is 6.03. The lowest BCUT2D eigenvalue weighted by atomic mass is 9.87. The van der Waals surface area contributed by atoms with Crippen LogP contribution in [-0.4, -0.2) is 27.1 Å². The van der Waals surface area contributed by atoms with Crippen LogP contribution in [-0.2, 0) is 0 Å². The van der Waals surface area contributed by atoms with Gasteiger partial charge in [-0.2, -0.15) is 0 Å². The lowest BCUT2D eigenvalue weighted by Gasteiger charge is -2.18. The molecule has 1 aliphatic rings. The monoisotopic (exact) mass is 420 g/mol. The first-order chi connectivity index (χ1) is 15.0. The van der Waals surface area contributed by atoms with Gasteiger partial charge in [0.25, 0.3) is 0 Å². The predicted molar refractivity (Wildman–Crippen MR) is 119 cm³/mol. The number of ether oxygens (including phenoxy) is 3. The minimum Gasteiger partial charge on any atom is -0.493 e. The summed E-state index contributed by atoms with van der Waals surface area (Å²) in [7, 11) is 4.65. The van der Waals surface area contributed by atoms with Crippen LogP contribution in [0.3, 0.4) is 0 Å². The highest BCUT2D eigenvalue weighted by atomic mass is 16.5. The summed E-state index contributed by atoms with van der Waals surface area (Å²) in [6.45, 7) is 2.28. The van der Waals surface area contributed by atoms with Crippen molar-refractivity contribution in [3.8, 4) is 28.6 Å². The molecule has 2 atom stereocenters. The molecule has 1 saturated carbocycles. The molecule has 0 saturated heterocycles. The van der Waals surface area contributed by atoms with Crippen molar-refractivity contribution in [2.24, 2.45) is 5.92 Å². The third-order valence-corrected chi connectivity index (χ3v) is 6.17. The summed E-state index contributed by atoms with van der Waals surface area (Å²) in [5.74, 6) is 3.11. The molecule has 0 N–H and O–H groups in total. The summed E-state index contributed by atoms with van der Waals surface area (Å²) >= 11 is 0. The van der Waals surface area contributed by atoms with Crippen LogP contribution >= 0.6 is 0 Å². The second-order valence-corrected chi connectivity index (χ2v) is 8.14. The number of furan rings is 1. The molecule has 0 amide bonds. The Morgan fingerprint density at radius 3 is 2.26 bits per heavy atom. The van der Waals surface area contributed by atoms with Crippen molar-refractivity contribution in [3.63, 3.8) is 0 Å². The Morgan fingerprint density at radius 2 is 1.71 bits per heavy atom. The quantitative estimate of drug-likeness (QED) is 0.432. The molecular weight excluding hydrogens is 392 g/mol. The molecule has 3 aromatic rings. The SMILES string of the molecule is COc1cc(C(=O)c2cc(-c3ccco3)ccc2C2CCC(C)C2)cc(OC)c1OC. The molecule has 5 heteroatoms. The van der Waals surface area contributed by atoms with Gasteiger partial charge in [0.05, 0.1) is 27.6 Å². The van der Waals surface area contributed by atoms with Crippen molar-refractivity contribution in [1.82, 2.24) is 0 Å². The van der Waals surface area contributed by atoms with E-state index in [2.05, 4.69) is 13.0 Å². The Morgan fingerprint density at radius 1 is 0.968 bits per heavy atom. The molecule has 1 heterocycles. The van der Waals surface area contributed by atoms with Crippen LogP contribution in [0.1, 0.15) is 53.6 Å². The Labute approximate surface area is 182 Å². The highest BCUT2D eigenvalue weighted by Crippen LogP contribution is 2.42. The van der Waals surface area contributed by atoms with Gasteiger partial charge >= 0.3 is 0 Å². The van der Waals surface area contributed by atoms with Gasteiger partial charge in [-0.15, -0.1) is 0 Å². The topological polar surface area (TPSA) is 57.9 Å². The van der Waals surface area contributed by atoms with E-state index in [0.29, 0.717) is 40.2 Å². The van der Waals surface area contributed by atoms with Crippen LogP contribution in [0, 0.1) is 5.92 Å². The van der Waals surface area contributed by atoms with Crippen LogP contribution in [0.4, 0.5) is 0 Å². The molecule has 0 spiro atoms. The van der Waals surface area contributed by atoms with E-state index in [1.807, 2.05) is 24.3 Å². The zero-order valence-corrected chi connectivity index (χ0v) is 18.4. The van der Waals surface area contributed by atoms with E-state index in [-0.39, 0.29) is 5.78 Å². The average molecular weight is 421 g/mol. The van der Waals surface area contributed by atoms with E-state index in [1.165, 1.54) is 6.42 Å². The largest absolute Gasteiger partial charge is 0.493 e. The Balaban J connectivity index is 1.83. The fraction of sp³-hybridized carbons (Fsp3) is 0.346. The summed E-state index contributed by atoms with van der Waals surface area (Å²) in [6.07, 6.45) is 5.01. The number of rotatable bonds is 7. The molecule has 1 aromatic heterocycles. The smallest absolute Gasteiger partial charge is 0.203 e. The first kappa shape index (κ1) is 21.0. The fourth-order valence-corrected chi connectivity index (χ4v) is 4.56. The maximum Gasteiger partial charge on any atom is 0.203 e. The van der Waals surface area contributed by atoms with E-state index >= 15 is 0 Å². The fourth-order valence-electron chi connectivity index (χ4n) is 4.56. The van der Waals surface area contributed by atoms with Gasteiger partial charge in [-0.1, -0.05) is 25.5 Å². The van der Waals surface area contributed by atoms with Gasteiger partial charge in [-0.3, -0.25) is 4.79 Å². The second kappa shape index (κ2) is 8.88. The van der Waals surface area contributed by atoms with Crippen molar-refractivity contribution < 1.29 is 23.4 Å². The van der Waals surface area contributed by atoms with Gasteiger partial charge in [0.1, 0.15) is 5.76 Å². The highest BCUT2D eigenvalue weighted by Gasteiger charge is 2.28. The second-order valence-electron chi connectivity index (χ2n) is 8.14. The predicted octanol–water partition coefficient (Wildman–Crippen LogP) is 6.11. The van der Waals surface area contributed by atoms with Crippen LogP contribution < -0.4 is 14.2 Å². The number of ketones is 1. The van der Waals surface area contributed by atoms with Crippen LogP contribution in [0.25, 0.3) is 11.3 Å². The number of hydrogen-bond acceptors (Lipinski definition) is 5. The normalized spacial score (nSPS) is 18.1. The minimum atomic E-state index is -0.0674. The molecule has 0 radical (unpaired) electrons. The highest BCUT2D eigenvalue weighted by molar-refractivity contribution is 6.11. The molecule has 4 rings (SSSR count). The maximum atomic E-state index is 13.8. The third kappa shape index (κ3) is 4.05. The number of hydrogen-bond donors (Lipinski definition) is 0. The zero-order chi connectivity index (χ0) is 22.0. The molecule has 31 heavy (non-hydrogen) atoms. The molecular formula is C26H28O5. The van der Waals surface area contributed by atoms with Gasteiger partial charge in [-0.05, 0) is 60.6 Å². The molecule has 2 aromatic carbocycles. The standard InChI is InChI=1S/C26H28O5/c1-16-7-8-17(12-16)20-10-9-18(22-6-5-11-31-22)13-21(20)25(27)19-14-23(28-2)26(30-4)24(15-19)29-3/h5-6,9-11,13-17H,7-8,12H2,1-4H3. The van der Waals surface area contributed by atoms with E-state index < -0.39 is 0 Å². The number of carbonyl (C=O) groups excluding carboxylic acids is 1. The van der Waals surface area contributed by atoms with E-state index in [4.69, 9.17) is 18.6 Å². The van der Waals surface area contributed by atoms with Gasteiger partial charge in [0.15, 0.2) is 17.3 Å². The molecule has 162 valence electrons. The minimum absolute atomic E-state index is 0.0674. The van der Waals surface area contributed by atoms with Crippen molar-refractivity contribution >= 4 is 5.78 Å². The molecule has 0 bridgehead atoms. The van der Waals surface area contributed by atoms with Crippen LogP contribution in [0.5, 0.6) is 17.2 Å².